The molecule has 1 aromatic carbocycles. The Bertz CT molecular complexity index is 472. The third-order valence-corrected chi connectivity index (χ3v) is 4.42. The molecule has 3 nitrogen and oxygen atoms in total. The number of fused-ring (bicyclic) bond motifs is 1. The van der Waals surface area contributed by atoms with Crippen molar-refractivity contribution in [3.05, 3.63) is 42.0 Å². The summed E-state index contributed by atoms with van der Waals surface area (Å²) >= 11 is 1.64. The molecule has 3 atom stereocenters. The van der Waals surface area contributed by atoms with Crippen molar-refractivity contribution >= 4 is 22.6 Å². The minimum absolute atomic E-state index is 0.0265. The van der Waals surface area contributed by atoms with Crippen LogP contribution in [0.1, 0.15) is 12.5 Å². The molecule has 1 saturated heterocycles. The molecule has 17 heavy (non-hydrogen) atoms. The zero-order chi connectivity index (χ0) is 11.8. The second-order valence-electron chi connectivity index (χ2n) is 4.36. The lowest BCUT2D eigenvalue weighted by molar-refractivity contribution is -0.123. The number of hydrogen-bond donors (Lipinski definition) is 2. The van der Waals surface area contributed by atoms with Gasteiger partial charge in [-0.2, -0.15) is 0 Å². The number of carbonyl (C=O) groups excluding carboxylic acids is 1. The molecule has 88 valence electrons. The SMILES string of the molecule is CC1NC(=O)C2SC(c3ccccc3)=CC2N1. The van der Waals surface area contributed by atoms with Gasteiger partial charge in [0.25, 0.3) is 0 Å². The van der Waals surface area contributed by atoms with Gasteiger partial charge in [0.1, 0.15) is 5.25 Å². The molecular weight excluding hydrogens is 232 g/mol. The van der Waals surface area contributed by atoms with E-state index in [9.17, 15) is 4.79 Å². The van der Waals surface area contributed by atoms with E-state index in [-0.39, 0.29) is 23.4 Å². The topological polar surface area (TPSA) is 41.1 Å². The van der Waals surface area contributed by atoms with Gasteiger partial charge in [0, 0.05) is 10.9 Å². The van der Waals surface area contributed by atoms with E-state index in [1.165, 1.54) is 10.5 Å². The molecular formula is C13H14N2OS. The highest BCUT2D eigenvalue weighted by Crippen LogP contribution is 2.40. The van der Waals surface area contributed by atoms with Gasteiger partial charge in [-0.05, 0) is 12.5 Å². The molecule has 0 saturated carbocycles. The highest BCUT2D eigenvalue weighted by atomic mass is 32.2. The van der Waals surface area contributed by atoms with E-state index in [0.717, 1.165) is 0 Å². The molecule has 0 aliphatic carbocycles. The first-order valence-electron chi connectivity index (χ1n) is 5.74. The Morgan fingerprint density at radius 1 is 1.24 bits per heavy atom. The third-order valence-electron chi connectivity index (χ3n) is 3.03. The molecule has 3 unspecified atom stereocenters. The Morgan fingerprint density at radius 2 is 2.00 bits per heavy atom. The highest BCUT2D eigenvalue weighted by Gasteiger charge is 2.38. The summed E-state index contributed by atoms with van der Waals surface area (Å²) in [6.07, 6.45) is 2.22. The Labute approximate surface area is 105 Å². The number of hydrogen-bond acceptors (Lipinski definition) is 3. The minimum Gasteiger partial charge on any atom is -0.340 e. The van der Waals surface area contributed by atoms with E-state index in [0.29, 0.717) is 0 Å². The van der Waals surface area contributed by atoms with Crippen molar-refractivity contribution in [2.75, 3.05) is 0 Å². The zero-order valence-electron chi connectivity index (χ0n) is 9.51. The fraction of sp³-hybridized carbons (Fsp3) is 0.308. The lowest BCUT2D eigenvalue weighted by Crippen LogP contribution is -2.60. The maximum absolute atomic E-state index is 11.9. The van der Waals surface area contributed by atoms with Gasteiger partial charge in [0.15, 0.2) is 0 Å². The minimum atomic E-state index is -0.0265. The van der Waals surface area contributed by atoms with Crippen LogP contribution >= 0.6 is 11.8 Å². The van der Waals surface area contributed by atoms with Crippen molar-refractivity contribution in [1.29, 1.82) is 0 Å². The largest absolute Gasteiger partial charge is 0.340 e. The molecule has 2 N–H and O–H groups in total. The number of carbonyl (C=O) groups is 1. The molecule has 0 bridgehead atoms. The van der Waals surface area contributed by atoms with Crippen LogP contribution in [-0.2, 0) is 4.79 Å². The molecule has 4 heteroatoms. The summed E-state index contributed by atoms with van der Waals surface area (Å²) in [7, 11) is 0. The maximum Gasteiger partial charge on any atom is 0.236 e. The fourth-order valence-corrected chi connectivity index (χ4v) is 3.49. The summed E-state index contributed by atoms with van der Waals surface area (Å²) in [6, 6.07) is 10.4. The quantitative estimate of drug-likeness (QED) is 0.790. The molecule has 1 amide bonds. The Morgan fingerprint density at radius 3 is 2.76 bits per heavy atom. The summed E-state index contributed by atoms with van der Waals surface area (Å²) in [5.74, 6) is 0.133. The molecule has 2 aliphatic rings. The van der Waals surface area contributed by atoms with Crippen LogP contribution in [0.2, 0.25) is 0 Å². The first-order chi connectivity index (χ1) is 8.24. The van der Waals surface area contributed by atoms with Crippen molar-refractivity contribution in [3.8, 4) is 0 Å². The first kappa shape index (κ1) is 10.9. The summed E-state index contributed by atoms with van der Waals surface area (Å²) in [5, 5.41) is 6.27. The predicted molar refractivity (Wildman–Crippen MR) is 70.3 cm³/mol. The normalized spacial score (nSPS) is 31.7. The summed E-state index contributed by atoms with van der Waals surface area (Å²) in [4.78, 5) is 13.0. The van der Waals surface area contributed by atoms with E-state index in [1.54, 1.807) is 11.8 Å². The van der Waals surface area contributed by atoms with Crippen molar-refractivity contribution < 1.29 is 4.79 Å². The van der Waals surface area contributed by atoms with Crippen LogP contribution in [0.25, 0.3) is 4.91 Å². The maximum atomic E-state index is 11.9. The average Bonchev–Trinajstić information content (AvgIpc) is 2.74. The van der Waals surface area contributed by atoms with E-state index in [1.807, 2.05) is 25.1 Å². The van der Waals surface area contributed by atoms with Crippen LogP contribution in [0.4, 0.5) is 0 Å². The van der Waals surface area contributed by atoms with Crippen LogP contribution in [0.15, 0.2) is 36.4 Å². The van der Waals surface area contributed by atoms with Crippen LogP contribution in [0.5, 0.6) is 0 Å². The van der Waals surface area contributed by atoms with Crippen LogP contribution < -0.4 is 10.6 Å². The number of benzene rings is 1. The fourth-order valence-electron chi connectivity index (χ4n) is 2.24. The van der Waals surface area contributed by atoms with Crippen molar-refractivity contribution in [1.82, 2.24) is 10.6 Å². The van der Waals surface area contributed by atoms with E-state index in [4.69, 9.17) is 0 Å². The lowest BCUT2D eigenvalue weighted by atomic mass is 10.1. The third kappa shape index (κ3) is 1.98. The number of rotatable bonds is 1. The molecule has 3 rings (SSSR count). The monoisotopic (exact) mass is 246 g/mol. The van der Waals surface area contributed by atoms with E-state index < -0.39 is 0 Å². The van der Waals surface area contributed by atoms with Gasteiger partial charge in [-0.1, -0.05) is 36.4 Å². The van der Waals surface area contributed by atoms with Gasteiger partial charge in [-0.15, -0.1) is 11.8 Å². The first-order valence-corrected chi connectivity index (χ1v) is 6.62. The summed E-state index contributed by atoms with van der Waals surface area (Å²) < 4.78 is 0. The second kappa shape index (κ2) is 4.20. The molecule has 0 aromatic heterocycles. The highest BCUT2D eigenvalue weighted by molar-refractivity contribution is 8.09. The smallest absolute Gasteiger partial charge is 0.236 e. The standard InChI is InChI=1S/C13H14N2OS/c1-8-14-10-7-11(9-5-3-2-4-6-9)17-12(10)13(16)15-8/h2-8,10,12,14H,1H3,(H,15,16). The lowest BCUT2D eigenvalue weighted by Gasteiger charge is -2.30. The predicted octanol–water partition coefficient (Wildman–Crippen LogP) is 1.58. The second-order valence-corrected chi connectivity index (χ2v) is 5.54. The summed E-state index contributed by atoms with van der Waals surface area (Å²) in [6.45, 7) is 1.97. The molecule has 2 heterocycles. The number of thioether (sulfide) groups is 1. The molecule has 1 fully saturated rings. The van der Waals surface area contributed by atoms with Crippen molar-refractivity contribution in [3.63, 3.8) is 0 Å². The van der Waals surface area contributed by atoms with Crippen molar-refractivity contribution in [2.24, 2.45) is 0 Å². The van der Waals surface area contributed by atoms with Gasteiger partial charge in [0.2, 0.25) is 5.91 Å². The molecule has 2 aliphatic heterocycles. The van der Waals surface area contributed by atoms with E-state index in [2.05, 4.69) is 28.8 Å². The van der Waals surface area contributed by atoms with Gasteiger partial charge in [0.05, 0.1) is 6.17 Å². The van der Waals surface area contributed by atoms with Gasteiger partial charge in [-0.3, -0.25) is 10.1 Å². The number of amides is 1. The Kier molecular flexibility index (Phi) is 2.68. The number of nitrogens with one attached hydrogen (secondary N) is 2. The molecule has 1 aromatic rings. The zero-order valence-corrected chi connectivity index (χ0v) is 10.3. The Balaban J connectivity index is 1.87. The van der Waals surface area contributed by atoms with Gasteiger partial charge in [-0.25, -0.2) is 0 Å². The van der Waals surface area contributed by atoms with Crippen LogP contribution in [0, 0.1) is 0 Å². The average molecular weight is 246 g/mol. The van der Waals surface area contributed by atoms with Crippen LogP contribution in [-0.4, -0.2) is 23.4 Å². The Hall–Kier alpha value is -1.26. The molecule has 0 spiro atoms. The van der Waals surface area contributed by atoms with Crippen LogP contribution in [0.3, 0.4) is 0 Å². The van der Waals surface area contributed by atoms with Gasteiger partial charge < -0.3 is 5.32 Å². The molecule has 0 radical (unpaired) electrons. The van der Waals surface area contributed by atoms with Gasteiger partial charge >= 0.3 is 0 Å². The van der Waals surface area contributed by atoms with E-state index >= 15 is 0 Å². The van der Waals surface area contributed by atoms with Crippen molar-refractivity contribution in [2.45, 2.75) is 24.4 Å². The summed E-state index contributed by atoms with van der Waals surface area (Å²) in [5.41, 5.74) is 1.19.